The van der Waals surface area contributed by atoms with Crippen molar-refractivity contribution in [1.29, 1.82) is 5.26 Å². The van der Waals surface area contributed by atoms with Crippen molar-refractivity contribution >= 4 is 27.3 Å². The van der Waals surface area contributed by atoms with Crippen LogP contribution in [0.2, 0.25) is 0 Å². The van der Waals surface area contributed by atoms with Crippen molar-refractivity contribution in [3.63, 3.8) is 0 Å². The van der Waals surface area contributed by atoms with Crippen LogP contribution in [0.3, 0.4) is 0 Å². The van der Waals surface area contributed by atoms with Crippen LogP contribution in [0.4, 0.5) is 0 Å². The number of thiazole rings is 1. The predicted molar refractivity (Wildman–Crippen MR) is 60.0 cm³/mol. The first-order valence-electron chi connectivity index (χ1n) is 3.91. The molecule has 14 heavy (non-hydrogen) atoms. The summed E-state index contributed by atoms with van der Waals surface area (Å²) in [7, 11) is 0. The maximum absolute atomic E-state index is 8.63. The van der Waals surface area contributed by atoms with Crippen LogP contribution in [0, 0.1) is 11.3 Å². The highest BCUT2D eigenvalue weighted by atomic mass is 79.9. The number of nitriles is 1. The Morgan fingerprint density at radius 3 is 2.50 bits per heavy atom. The van der Waals surface area contributed by atoms with Gasteiger partial charge in [0.1, 0.15) is 5.01 Å². The van der Waals surface area contributed by atoms with Crippen molar-refractivity contribution in [2.75, 3.05) is 0 Å². The monoisotopic (exact) mass is 264 g/mol. The van der Waals surface area contributed by atoms with Gasteiger partial charge < -0.3 is 0 Å². The number of hydrogen-bond acceptors (Lipinski definition) is 3. The van der Waals surface area contributed by atoms with E-state index in [1.54, 1.807) is 29.7 Å². The molecule has 0 spiro atoms. The Bertz CT molecular complexity index is 482. The summed E-state index contributed by atoms with van der Waals surface area (Å²) in [5.74, 6) is 0. The molecule has 0 fully saturated rings. The van der Waals surface area contributed by atoms with E-state index in [1.165, 1.54) is 0 Å². The average molecular weight is 265 g/mol. The Labute approximate surface area is 94.0 Å². The quantitative estimate of drug-likeness (QED) is 0.791. The van der Waals surface area contributed by atoms with Crippen molar-refractivity contribution < 1.29 is 0 Å². The summed E-state index contributed by atoms with van der Waals surface area (Å²) in [4.78, 5) is 4.23. The number of hydrogen-bond donors (Lipinski definition) is 0. The molecule has 0 amide bonds. The van der Waals surface area contributed by atoms with Crippen molar-refractivity contribution in [2.45, 2.75) is 0 Å². The molecule has 1 aromatic carbocycles. The topological polar surface area (TPSA) is 36.7 Å². The predicted octanol–water partition coefficient (Wildman–Crippen LogP) is 3.44. The van der Waals surface area contributed by atoms with Gasteiger partial charge in [-0.1, -0.05) is 12.1 Å². The molecule has 0 bridgehead atoms. The molecule has 2 rings (SSSR count). The number of halogens is 1. The Morgan fingerprint density at radius 1 is 1.29 bits per heavy atom. The highest BCUT2D eigenvalue weighted by molar-refractivity contribution is 9.11. The zero-order valence-corrected chi connectivity index (χ0v) is 9.47. The number of nitrogens with zero attached hydrogens (tertiary/aromatic N) is 2. The third-order valence-electron chi connectivity index (χ3n) is 1.74. The van der Waals surface area contributed by atoms with E-state index in [4.69, 9.17) is 5.26 Å². The third kappa shape index (κ3) is 1.84. The van der Waals surface area contributed by atoms with Crippen LogP contribution in [0.15, 0.2) is 34.2 Å². The number of rotatable bonds is 1. The Hall–Kier alpha value is -1.18. The lowest BCUT2D eigenvalue weighted by atomic mass is 10.1. The normalized spacial score (nSPS) is 9.71. The van der Waals surface area contributed by atoms with E-state index >= 15 is 0 Å². The third-order valence-corrected chi connectivity index (χ3v) is 3.26. The molecule has 4 heteroatoms. The van der Waals surface area contributed by atoms with Gasteiger partial charge in [0.2, 0.25) is 0 Å². The first kappa shape index (κ1) is 9.38. The lowest BCUT2D eigenvalue weighted by Gasteiger charge is -1.94. The SMILES string of the molecule is N#Cc1ccc(-c2ncc(Br)s2)cc1. The molecule has 1 heterocycles. The second-order valence-corrected chi connectivity index (χ2v) is 5.07. The van der Waals surface area contributed by atoms with Crippen LogP contribution in [0.5, 0.6) is 0 Å². The summed E-state index contributed by atoms with van der Waals surface area (Å²) in [6.45, 7) is 0. The van der Waals surface area contributed by atoms with Gasteiger partial charge in [-0.25, -0.2) is 4.98 Å². The standard InChI is InChI=1S/C10H5BrN2S/c11-9-6-13-10(14-9)8-3-1-7(5-12)2-4-8/h1-4,6H. The smallest absolute Gasteiger partial charge is 0.124 e. The van der Waals surface area contributed by atoms with Crippen molar-refractivity contribution in [2.24, 2.45) is 0 Å². The first-order chi connectivity index (χ1) is 6.79. The minimum absolute atomic E-state index is 0.671. The summed E-state index contributed by atoms with van der Waals surface area (Å²) in [6.07, 6.45) is 1.78. The van der Waals surface area contributed by atoms with Crippen LogP contribution in [-0.2, 0) is 0 Å². The lowest BCUT2D eigenvalue weighted by molar-refractivity contribution is 1.40. The molecular weight excluding hydrogens is 260 g/mol. The molecule has 2 nitrogen and oxygen atoms in total. The second-order valence-electron chi connectivity index (χ2n) is 2.66. The fourth-order valence-electron chi connectivity index (χ4n) is 1.08. The average Bonchev–Trinajstić information content (AvgIpc) is 2.65. The van der Waals surface area contributed by atoms with Crippen LogP contribution in [0.25, 0.3) is 10.6 Å². The maximum atomic E-state index is 8.63. The molecule has 68 valence electrons. The molecule has 0 radical (unpaired) electrons. The van der Waals surface area contributed by atoms with Crippen LogP contribution in [0.1, 0.15) is 5.56 Å². The number of benzene rings is 1. The fourth-order valence-corrected chi connectivity index (χ4v) is 2.29. The van der Waals surface area contributed by atoms with Crippen molar-refractivity contribution in [3.05, 3.63) is 39.8 Å². The van der Waals surface area contributed by atoms with E-state index in [1.807, 2.05) is 12.1 Å². The summed E-state index contributed by atoms with van der Waals surface area (Å²) >= 11 is 4.94. The van der Waals surface area contributed by atoms with Gasteiger partial charge in [-0.05, 0) is 28.1 Å². The Kier molecular flexibility index (Phi) is 2.62. The molecule has 1 aromatic heterocycles. The minimum atomic E-state index is 0.671. The van der Waals surface area contributed by atoms with Gasteiger partial charge in [-0.15, -0.1) is 11.3 Å². The van der Waals surface area contributed by atoms with Crippen molar-refractivity contribution in [3.8, 4) is 16.6 Å². The Morgan fingerprint density at radius 2 is 2.00 bits per heavy atom. The van der Waals surface area contributed by atoms with E-state index in [0.717, 1.165) is 14.4 Å². The minimum Gasteiger partial charge on any atom is -0.243 e. The molecule has 2 aromatic rings. The van der Waals surface area contributed by atoms with E-state index in [2.05, 4.69) is 27.0 Å². The first-order valence-corrected chi connectivity index (χ1v) is 5.52. The van der Waals surface area contributed by atoms with Crippen LogP contribution < -0.4 is 0 Å². The molecule has 0 aliphatic rings. The summed E-state index contributed by atoms with van der Waals surface area (Å²) < 4.78 is 1.01. The summed E-state index contributed by atoms with van der Waals surface area (Å²) in [6, 6.07) is 9.49. The molecule has 0 saturated heterocycles. The maximum Gasteiger partial charge on any atom is 0.124 e. The zero-order valence-electron chi connectivity index (χ0n) is 7.07. The highest BCUT2D eigenvalue weighted by Crippen LogP contribution is 2.28. The summed E-state index contributed by atoms with van der Waals surface area (Å²) in [5.41, 5.74) is 1.71. The zero-order chi connectivity index (χ0) is 9.97. The molecule has 0 atom stereocenters. The van der Waals surface area contributed by atoms with Gasteiger partial charge in [0, 0.05) is 5.56 Å². The van der Waals surface area contributed by atoms with Gasteiger partial charge in [0.05, 0.1) is 21.6 Å². The van der Waals surface area contributed by atoms with Gasteiger partial charge in [-0.2, -0.15) is 5.26 Å². The number of aromatic nitrogens is 1. The van der Waals surface area contributed by atoms with Gasteiger partial charge in [0.25, 0.3) is 0 Å². The highest BCUT2D eigenvalue weighted by Gasteiger charge is 2.02. The van der Waals surface area contributed by atoms with Gasteiger partial charge in [-0.3, -0.25) is 0 Å². The molecule has 0 aliphatic carbocycles. The second kappa shape index (κ2) is 3.91. The largest absolute Gasteiger partial charge is 0.243 e. The molecule has 0 aliphatic heterocycles. The molecule has 0 unspecified atom stereocenters. The fraction of sp³-hybridized carbons (Fsp3) is 0. The van der Waals surface area contributed by atoms with E-state index in [9.17, 15) is 0 Å². The molecule has 0 saturated carbocycles. The molecule has 0 N–H and O–H groups in total. The van der Waals surface area contributed by atoms with Crippen LogP contribution in [-0.4, -0.2) is 4.98 Å². The Balaban J connectivity index is 2.39. The van der Waals surface area contributed by atoms with Gasteiger partial charge >= 0.3 is 0 Å². The van der Waals surface area contributed by atoms with E-state index in [-0.39, 0.29) is 0 Å². The molecular formula is C10H5BrN2S. The van der Waals surface area contributed by atoms with E-state index < -0.39 is 0 Å². The summed E-state index contributed by atoms with van der Waals surface area (Å²) in [5, 5.41) is 9.59. The van der Waals surface area contributed by atoms with E-state index in [0.29, 0.717) is 5.56 Å². The van der Waals surface area contributed by atoms with Crippen molar-refractivity contribution in [1.82, 2.24) is 4.98 Å². The lowest BCUT2D eigenvalue weighted by Crippen LogP contribution is -1.76. The van der Waals surface area contributed by atoms with Crippen LogP contribution >= 0.6 is 27.3 Å². The van der Waals surface area contributed by atoms with Gasteiger partial charge in [0.15, 0.2) is 0 Å².